The Balaban J connectivity index is 2.05. The van der Waals surface area contributed by atoms with E-state index < -0.39 is 0 Å². The van der Waals surface area contributed by atoms with Gasteiger partial charge in [-0.2, -0.15) is 0 Å². The lowest BCUT2D eigenvalue weighted by molar-refractivity contribution is -0.114. The van der Waals surface area contributed by atoms with E-state index in [0.29, 0.717) is 11.6 Å². The molecule has 20 heavy (non-hydrogen) atoms. The van der Waals surface area contributed by atoms with Gasteiger partial charge in [-0.3, -0.25) is 4.79 Å². The third-order valence-corrected chi connectivity index (χ3v) is 3.65. The van der Waals surface area contributed by atoms with E-state index in [1.54, 1.807) is 0 Å². The van der Waals surface area contributed by atoms with Crippen LogP contribution >= 0.6 is 27.5 Å². The number of hydrogen-bond donors (Lipinski definition) is 2. The zero-order valence-electron chi connectivity index (χ0n) is 10.9. The first kappa shape index (κ1) is 14.9. The van der Waals surface area contributed by atoms with Gasteiger partial charge in [0, 0.05) is 34.3 Å². The Hall–Kier alpha value is -1.52. The molecule has 0 fully saturated rings. The number of anilines is 2. The number of amides is 1. The highest BCUT2D eigenvalue weighted by Crippen LogP contribution is 2.23. The first-order valence-electron chi connectivity index (χ1n) is 6.10. The van der Waals surface area contributed by atoms with Crippen molar-refractivity contribution in [2.24, 2.45) is 0 Å². The fourth-order valence-corrected chi connectivity index (χ4v) is 2.60. The first-order chi connectivity index (χ1) is 9.54. The molecule has 0 aliphatic rings. The maximum Gasteiger partial charge on any atom is 0.221 e. The maximum atomic E-state index is 11.0. The van der Waals surface area contributed by atoms with Crippen molar-refractivity contribution in [1.29, 1.82) is 0 Å². The lowest BCUT2D eigenvalue weighted by Crippen LogP contribution is -2.06. The van der Waals surface area contributed by atoms with Crippen LogP contribution in [0.3, 0.4) is 0 Å². The minimum absolute atomic E-state index is 0.0809. The number of halogens is 2. The third kappa shape index (κ3) is 4.25. The van der Waals surface area contributed by atoms with Crippen molar-refractivity contribution >= 4 is 44.8 Å². The van der Waals surface area contributed by atoms with Crippen molar-refractivity contribution in [2.75, 3.05) is 10.6 Å². The van der Waals surface area contributed by atoms with Gasteiger partial charge in [-0.25, -0.2) is 0 Å². The summed E-state index contributed by atoms with van der Waals surface area (Å²) in [6, 6.07) is 13.3. The second kappa shape index (κ2) is 6.77. The minimum atomic E-state index is -0.0809. The maximum absolute atomic E-state index is 11.0. The highest BCUT2D eigenvalue weighted by atomic mass is 79.9. The lowest BCUT2D eigenvalue weighted by Gasteiger charge is -2.10. The molecule has 0 heterocycles. The van der Waals surface area contributed by atoms with Crippen LogP contribution < -0.4 is 10.6 Å². The third-order valence-electron chi connectivity index (χ3n) is 2.68. The summed E-state index contributed by atoms with van der Waals surface area (Å²) in [6.07, 6.45) is 0. The molecule has 5 heteroatoms. The number of carbonyl (C=O) groups excluding carboxylic acids is 1. The zero-order valence-corrected chi connectivity index (χ0v) is 13.3. The van der Waals surface area contributed by atoms with Gasteiger partial charge >= 0.3 is 0 Å². The Morgan fingerprint density at radius 1 is 1.20 bits per heavy atom. The molecule has 0 spiro atoms. The van der Waals surface area contributed by atoms with Gasteiger partial charge in [-0.15, -0.1) is 0 Å². The molecule has 0 aromatic heterocycles. The Morgan fingerprint density at radius 3 is 2.65 bits per heavy atom. The van der Waals surface area contributed by atoms with Crippen LogP contribution in [0.15, 0.2) is 46.9 Å². The Kier molecular flexibility index (Phi) is 5.04. The second-order valence-electron chi connectivity index (χ2n) is 4.35. The van der Waals surface area contributed by atoms with Crippen LogP contribution in [0, 0.1) is 0 Å². The van der Waals surface area contributed by atoms with E-state index in [0.717, 1.165) is 21.4 Å². The monoisotopic (exact) mass is 352 g/mol. The molecule has 2 rings (SSSR count). The molecule has 0 aliphatic carbocycles. The van der Waals surface area contributed by atoms with Crippen LogP contribution in [0.2, 0.25) is 5.02 Å². The normalized spacial score (nSPS) is 10.2. The molecule has 0 aliphatic heterocycles. The smallest absolute Gasteiger partial charge is 0.221 e. The molecule has 2 aromatic carbocycles. The fraction of sp³-hybridized carbons (Fsp3) is 0.133. The summed E-state index contributed by atoms with van der Waals surface area (Å²) in [5.74, 6) is -0.0809. The van der Waals surface area contributed by atoms with Crippen molar-refractivity contribution in [2.45, 2.75) is 13.5 Å². The van der Waals surface area contributed by atoms with E-state index in [9.17, 15) is 4.79 Å². The highest BCUT2D eigenvalue weighted by molar-refractivity contribution is 9.10. The molecular weight excluding hydrogens is 340 g/mol. The summed E-state index contributed by atoms with van der Waals surface area (Å²) in [7, 11) is 0. The van der Waals surface area contributed by atoms with Crippen molar-refractivity contribution in [3.63, 3.8) is 0 Å². The van der Waals surface area contributed by atoms with Gasteiger partial charge in [-0.05, 0) is 35.9 Å². The molecule has 0 saturated heterocycles. The van der Waals surface area contributed by atoms with E-state index >= 15 is 0 Å². The molecule has 104 valence electrons. The van der Waals surface area contributed by atoms with E-state index in [1.807, 2.05) is 42.5 Å². The topological polar surface area (TPSA) is 41.1 Å². The number of benzene rings is 2. The van der Waals surface area contributed by atoms with Gasteiger partial charge < -0.3 is 10.6 Å². The summed E-state index contributed by atoms with van der Waals surface area (Å²) in [5.41, 5.74) is 2.83. The molecular formula is C15H14BrClN2O. The largest absolute Gasteiger partial charge is 0.381 e. The predicted octanol–water partition coefficient (Wildman–Crippen LogP) is 4.67. The average Bonchev–Trinajstić information content (AvgIpc) is 2.37. The highest BCUT2D eigenvalue weighted by Gasteiger charge is 2.02. The van der Waals surface area contributed by atoms with Gasteiger partial charge in [0.25, 0.3) is 0 Å². The minimum Gasteiger partial charge on any atom is -0.381 e. The number of nitrogens with one attached hydrogen (secondary N) is 2. The number of carbonyl (C=O) groups is 1. The average molecular weight is 354 g/mol. The van der Waals surface area contributed by atoms with Gasteiger partial charge in [0.1, 0.15) is 0 Å². The van der Waals surface area contributed by atoms with Gasteiger partial charge in [-0.1, -0.05) is 39.7 Å². The SMILES string of the molecule is CC(=O)Nc1cccc(NCc2ccc(Cl)cc2Br)c1. The predicted molar refractivity (Wildman–Crippen MR) is 87.2 cm³/mol. The van der Waals surface area contributed by atoms with Gasteiger partial charge in [0.05, 0.1) is 0 Å². The summed E-state index contributed by atoms with van der Waals surface area (Å²) in [5, 5.41) is 6.77. The summed E-state index contributed by atoms with van der Waals surface area (Å²) in [6.45, 7) is 2.16. The van der Waals surface area contributed by atoms with Crippen molar-refractivity contribution < 1.29 is 4.79 Å². The first-order valence-corrected chi connectivity index (χ1v) is 7.27. The lowest BCUT2D eigenvalue weighted by atomic mass is 10.2. The van der Waals surface area contributed by atoms with Crippen LogP contribution in [-0.4, -0.2) is 5.91 Å². The van der Waals surface area contributed by atoms with Gasteiger partial charge in [0.15, 0.2) is 0 Å². The molecule has 0 unspecified atom stereocenters. The zero-order chi connectivity index (χ0) is 14.5. The standard InChI is InChI=1S/C15H14BrClN2O/c1-10(20)19-14-4-2-3-13(8-14)18-9-11-5-6-12(17)7-15(11)16/h2-8,18H,9H2,1H3,(H,19,20). The van der Waals surface area contributed by atoms with E-state index in [4.69, 9.17) is 11.6 Å². The molecule has 0 radical (unpaired) electrons. The molecule has 0 bridgehead atoms. The summed E-state index contributed by atoms with van der Waals surface area (Å²) >= 11 is 9.40. The molecule has 2 aromatic rings. The van der Waals surface area contributed by atoms with Crippen LogP contribution in [0.1, 0.15) is 12.5 Å². The molecule has 1 amide bonds. The Morgan fingerprint density at radius 2 is 1.95 bits per heavy atom. The molecule has 0 atom stereocenters. The van der Waals surface area contributed by atoms with Crippen LogP contribution in [0.25, 0.3) is 0 Å². The van der Waals surface area contributed by atoms with Crippen LogP contribution in [-0.2, 0) is 11.3 Å². The van der Waals surface area contributed by atoms with Crippen molar-refractivity contribution in [3.05, 3.63) is 57.5 Å². The summed E-state index contributed by atoms with van der Waals surface area (Å²) in [4.78, 5) is 11.0. The molecule has 3 nitrogen and oxygen atoms in total. The second-order valence-corrected chi connectivity index (χ2v) is 5.64. The van der Waals surface area contributed by atoms with E-state index in [-0.39, 0.29) is 5.91 Å². The Bertz CT molecular complexity index is 631. The number of rotatable bonds is 4. The Labute approximate surface area is 131 Å². The van der Waals surface area contributed by atoms with Gasteiger partial charge in [0.2, 0.25) is 5.91 Å². The van der Waals surface area contributed by atoms with E-state index in [1.165, 1.54) is 6.92 Å². The van der Waals surface area contributed by atoms with Crippen molar-refractivity contribution in [1.82, 2.24) is 0 Å². The number of hydrogen-bond acceptors (Lipinski definition) is 2. The van der Waals surface area contributed by atoms with E-state index in [2.05, 4.69) is 26.6 Å². The fourth-order valence-electron chi connectivity index (χ4n) is 1.77. The quantitative estimate of drug-likeness (QED) is 0.838. The van der Waals surface area contributed by atoms with Crippen molar-refractivity contribution in [3.8, 4) is 0 Å². The summed E-state index contributed by atoms with van der Waals surface area (Å²) < 4.78 is 0.968. The molecule has 0 saturated carbocycles. The van der Waals surface area contributed by atoms with Crippen LogP contribution in [0.4, 0.5) is 11.4 Å². The molecule has 2 N–H and O–H groups in total. The van der Waals surface area contributed by atoms with Crippen LogP contribution in [0.5, 0.6) is 0 Å².